The van der Waals surface area contributed by atoms with Crippen molar-refractivity contribution in [2.24, 2.45) is 0 Å². The van der Waals surface area contributed by atoms with Gasteiger partial charge < -0.3 is 15.5 Å². The molecule has 0 aromatic rings. The number of carbonyl (C=O) groups excluding carboxylic acids is 1. The van der Waals surface area contributed by atoms with Crippen molar-refractivity contribution in [1.82, 2.24) is 5.32 Å². The molecule has 2 unspecified atom stereocenters. The van der Waals surface area contributed by atoms with E-state index < -0.39 is 12.1 Å². The lowest BCUT2D eigenvalue weighted by Gasteiger charge is -2.22. The van der Waals surface area contributed by atoms with Crippen molar-refractivity contribution in [3.05, 3.63) is 24.3 Å². The van der Waals surface area contributed by atoms with E-state index in [-0.39, 0.29) is 12.5 Å². The van der Waals surface area contributed by atoms with Crippen molar-refractivity contribution in [1.29, 1.82) is 0 Å². The molecular weight excluding hydrogens is 639 g/mol. The monoisotopic (exact) mass is 732 g/mol. The van der Waals surface area contributed by atoms with E-state index in [1.54, 1.807) is 0 Å². The number of unbranched alkanes of at least 4 members (excludes halogenated alkanes) is 32. The summed E-state index contributed by atoms with van der Waals surface area (Å²) in [5.41, 5.74) is 0. The van der Waals surface area contributed by atoms with Crippen LogP contribution in [0, 0.1) is 0 Å². The summed E-state index contributed by atoms with van der Waals surface area (Å²) in [7, 11) is 0. The van der Waals surface area contributed by atoms with Crippen LogP contribution >= 0.6 is 0 Å². The summed E-state index contributed by atoms with van der Waals surface area (Å²) in [5, 5.41) is 23.0. The third-order valence-electron chi connectivity index (χ3n) is 11.0. The fourth-order valence-electron chi connectivity index (χ4n) is 7.33. The molecule has 0 bridgehead atoms. The fourth-order valence-corrected chi connectivity index (χ4v) is 7.33. The summed E-state index contributed by atoms with van der Waals surface area (Å²) in [5.74, 6) is -0.0305. The molecule has 0 saturated carbocycles. The van der Waals surface area contributed by atoms with Crippen LogP contribution in [0.15, 0.2) is 24.3 Å². The molecule has 4 nitrogen and oxygen atoms in total. The van der Waals surface area contributed by atoms with E-state index in [2.05, 4.69) is 43.5 Å². The van der Waals surface area contributed by atoms with E-state index in [4.69, 9.17) is 0 Å². The second-order valence-electron chi connectivity index (χ2n) is 16.2. The van der Waals surface area contributed by atoms with Gasteiger partial charge in [0.2, 0.25) is 5.91 Å². The summed E-state index contributed by atoms with van der Waals surface area (Å²) in [6, 6.07) is -0.531. The molecule has 0 fully saturated rings. The van der Waals surface area contributed by atoms with Gasteiger partial charge in [-0.3, -0.25) is 4.79 Å². The van der Waals surface area contributed by atoms with Crippen LogP contribution in [0.25, 0.3) is 0 Å². The Morgan fingerprint density at radius 2 is 0.788 bits per heavy atom. The number of aliphatic hydroxyl groups is 2. The first-order valence-electron chi connectivity index (χ1n) is 23.5. The molecule has 0 aromatic carbocycles. The van der Waals surface area contributed by atoms with E-state index in [1.807, 2.05) is 0 Å². The summed E-state index contributed by atoms with van der Waals surface area (Å²) >= 11 is 0. The van der Waals surface area contributed by atoms with Gasteiger partial charge in [-0.2, -0.15) is 0 Å². The van der Waals surface area contributed by atoms with Crippen LogP contribution in [-0.2, 0) is 4.79 Å². The van der Waals surface area contributed by atoms with Crippen LogP contribution in [0.4, 0.5) is 0 Å². The largest absolute Gasteiger partial charge is 0.394 e. The van der Waals surface area contributed by atoms with Gasteiger partial charge in [0.15, 0.2) is 0 Å². The predicted octanol–water partition coefficient (Wildman–Crippen LogP) is 14.8. The first kappa shape index (κ1) is 50.9. The molecule has 0 heterocycles. The molecule has 0 aliphatic heterocycles. The Morgan fingerprint density at radius 1 is 0.462 bits per heavy atom. The number of hydrogen-bond acceptors (Lipinski definition) is 3. The number of allylic oxidation sites excluding steroid dienone is 4. The lowest BCUT2D eigenvalue weighted by atomic mass is 10.0. The van der Waals surface area contributed by atoms with Crippen molar-refractivity contribution >= 4 is 5.91 Å². The number of aliphatic hydroxyl groups excluding tert-OH is 2. The topological polar surface area (TPSA) is 69.6 Å². The number of carbonyl (C=O) groups is 1. The van der Waals surface area contributed by atoms with E-state index in [1.165, 1.54) is 199 Å². The molecule has 2 atom stereocenters. The van der Waals surface area contributed by atoms with Crippen molar-refractivity contribution in [3.63, 3.8) is 0 Å². The van der Waals surface area contributed by atoms with E-state index in [0.717, 1.165) is 32.1 Å². The summed E-state index contributed by atoms with van der Waals surface area (Å²) in [4.78, 5) is 12.4. The summed E-state index contributed by atoms with van der Waals surface area (Å²) < 4.78 is 0. The van der Waals surface area contributed by atoms with E-state index in [9.17, 15) is 15.0 Å². The standard InChI is InChI=1S/C48H93NO3/c1-3-5-7-9-11-13-14-15-16-17-18-19-20-21-22-23-24-25-26-27-28-29-30-31-32-33-34-36-38-40-42-44-48(52)49-46(45-50)47(51)43-41-39-37-35-12-10-8-6-4-2/h14-15,17-18,46-47,50-51H,3-13,16,19-45H2,1-2H3,(H,49,52)/b15-14-,18-17-. The zero-order chi connectivity index (χ0) is 37.8. The van der Waals surface area contributed by atoms with Gasteiger partial charge in [-0.15, -0.1) is 0 Å². The molecule has 3 N–H and O–H groups in total. The maximum absolute atomic E-state index is 12.4. The lowest BCUT2D eigenvalue weighted by molar-refractivity contribution is -0.123. The van der Waals surface area contributed by atoms with E-state index in [0.29, 0.717) is 12.8 Å². The zero-order valence-electron chi connectivity index (χ0n) is 35.3. The van der Waals surface area contributed by atoms with Gasteiger partial charge in [0.25, 0.3) is 0 Å². The van der Waals surface area contributed by atoms with Crippen LogP contribution < -0.4 is 5.32 Å². The normalized spacial score (nSPS) is 13.1. The predicted molar refractivity (Wildman–Crippen MR) is 230 cm³/mol. The van der Waals surface area contributed by atoms with Gasteiger partial charge in [-0.1, -0.05) is 231 Å². The maximum atomic E-state index is 12.4. The first-order chi connectivity index (χ1) is 25.7. The molecule has 0 rings (SSSR count). The minimum atomic E-state index is -0.654. The van der Waals surface area contributed by atoms with Gasteiger partial charge in [0, 0.05) is 6.42 Å². The van der Waals surface area contributed by atoms with Crippen molar-refractivity contribution in [2.75, 3.05) is 6.61 Å². The third kappa shape index (κ3) is 40.1. The number of nitrogens with one attached hydrogen (secondary N) is 1. The number of rotatable bonds is 43. The average molecular weight is 732 g/mol. The van der Waals surface area contributed by atoms with Crippen LogP contribution in [0.3, 0.4) is 0 Å². The molecule has 52 heavy (non-hydrogen) atoms. The Labute approximate surface area is 326 Å². The maximum Gasteiger partial charge on any atom is 0.220 e. The second-order valence-corrected chi connectivity index (χ2v) is 16.2. The highest BCUT2D eigenvalue weighted by molar-refractivity contribution is 5.76. The quantitative estimate of drug-likeness (QED) is 0.0432. The molecular formula is C48H93NO3. The molecule has 0 radical (unpaired) electrons. The Balaban J connectivity index is 3.38. The minimum Gasteiger partial charge on any atom is -0.394 e. The number of amides is 1. The Bertz CT molecular complexity index is 750. The molecule has 0 aromatic heterocycles. The minimum absolute atomic E-state index is 0.0305. The van der Waals surface area contributed by atoms with Crippen molar-refractivity contribution in [3.8, 4) is 0 Å². The SMILES string of the molecule is CCCCCCC/C=C\C/C=C\CCCCCCCCCCCCCCCCCCCCCC(=O)NC(CO)C(O)CCCCCCCCCCC. The van der Waals surface area contributed by atoms with E-state index >= 15 is 0 Å². The zero-order valence-corrected chi connectivity index (χ0v) is 35.3. The average Bonchev–Trinajstić information content (AvgIpc) is 3.15. The Hall–Kier alpha value is -1.13. The van der Waals surface area contributed by atoms with Gasteiger partial charge in [0.1, 0.15) is 0 Å². The molecule has 0 spiro atoms. The van der Waals surface area contributed by atoms with Crippen molar-refractivity contribution < 1.29 is 15.0 Å². The van der Waals surface area contributed by atoms with Gasteiger partial charge >= 0.3 is 0 Å². The van der Waals surface area contributed by atoms with Crippen LogP contribution in [0.5, 0.6) is 0 Å². The molecule has 4 heteroatoms. The van der Waals surface area contributed by atoms with Crippen LogP contribution in [-0.4, -0.2) is 34.9 Å². The summed E-state index contributed by atoms with van der Waals surface area (Å²) in [6.07, 6.45) is 57.1. The second kappa shape index (κ2) is 44.3. The van der Waals surface area contributed by atoms with Crippen molar-refractivity contribution in [2.45, 2.75) is 270 Å². The number of hydrogen-bond donors (Lipinski definition) is 3. The van der Waals surface area contributed by atoms with Crippen LogP contribution in [0.2, 0.25) is 0 Å². The van der Waals surface area contributed by atoms with Gasteiger partial charge in [0.05, 0.1) is 18.8 Å². The third-order valence-corrected chi connectivity index (χ3v) is 11.0. The molecule has 0 aliphatic carbocycles. The van der Waals surface area contributed by atoms with Crippen LogP contribution in [0.1, 0.15) is 258 Å². The molecule has 308 valence electrons. The fraction of sp³-hybridized carbons (Fsp3) is 0.896. The first-order valence-corrected chi connectivity index (χ1v) is 23.5. The molecule has 0 saturated heterocycles. The molecule has 0 aliphatic rings. The van der Waals surface area contributed by atoms with Gasteiger partial charge in [-0.05, 0) is 44.9 Å². The highest BCUT2D eigenvalue weighted by atomic mass is 16.3. The molecule has 1 amide bonds. The highest BCUT2D eigenvalue weighted by Gasteiger charge is 2.20. The Morgan fingerprint density at radius 3 is 1.15 bits per heavy atom. The highest BCUT2D eigenvalue weighted by Crippen LogP contribution is 2.16. The smallest absolute Gasteiger partial charge is 0.220 e. The Kier molecular flexibility index (Phi) is 43.3. The summed E-state index contributed by atoms with van der Waals surface area (Å²) in [6.45, 7) is 4.34. The van der Waals surface area contributed by atoms with Gasteiger partial charge in [-0.25, -0.2) is 0 Å². The lowest BCUT2D eigenvalue weighted by Crippen LogP contribution is -2.45.